The second-order valence-electron chi connectivity index (χ2n) is 6.29. The second kappa shape index (κ2) is 5.95. The van der Waals surface area contributed by atoms with E-state index in [9.17, 15) is 0 Å². The molecular formula is C17H22N2OS. The molecule has 0 bridgehead atoms. The fourth-order valence-electron chi connectivity index (χ4n) is 2.71. The van der Waals surface area contributed by atoms with Crippen LogP contribution in [-0.2, 0) is 19.6 Å². The van der Waals surface area contributed by atoms with E-state index >= 15 is 0 Å². The normalized spacial score (nSPS) is 18.5. The number of furan rings is 1. The van der Waals surface area contributed by atoms with Crippen LogP contribution in [0.2, 0.25) is 0 Å². The van der Waals surface area contributed by atoms with Gasteiger partial charge in [0.2, 0.25) is 0 Å². The van der Waals surface area contributed by atoms with Crippen molar-refractivity contribution in [2.45, 2.75) is 57.4 Å². The van der Waals surface area contributed by atoms with E-state index in [0.29, 0.717) is 0 Å². The molecule has 0 radical (unpaired) electrons. The predicted octanol–water partition coefficient (Wildman–Crippen LogP) is 3.76. The number of thiophene rings is 1. The van der Waals surface area contributed by atoms with E-state index in [0.717, 1.165) is 37.5 Å². The summed E-state index contributed by atoms with van der Waals surface area (Å²) in [6.45, 7) is 2.94. The lowest BCUT2D eigenvalue weighted by atomic mass is 10.3. The van der Waals surface area contributed by atoms with Crippen LogP contribution in [0, 0.1) is 0 Å². The summed E-state index contributed by atoms with van der Waals surface area (Å²) < 4.78 is 5.77. The molecule has 0 aromatic carbocycles. The Hall–Kier alpha value is -1.10. The highest BCUT2D eigenvalue weighted by molar-refractivity contribution is 7.09. The summed E-state index contributed by atoms with van der Waals surface area (Å²) in [5.74, 6) is 1.10. The summed E-state index contributed by atoms with van der Waals surface area (Å²) in [4.78, 5) is 4.01. The zero-order chi connectivity index (χ0) is 14.1. The zero-order valence-electron chi connectivity index (χ0n) is 12.3. The van der Waals surface area contributed by atoms with Gasteiger partial charge in [0.15, 0.2) is 0 Å². The number of hydrogen-bond acceptors (Lipinski definition) is 4. The molecule has 2 aromatic heterocycles. The molecule has 0 unspecified atom stereocenters. The molecule has 3 nitrogen and oxygen atoms in total. The number of hydrogen-bond donors (Lipinski definition) is 1. The lowest BCUT2D eigenvalue weighted by molar-refractivity contribution is 0.227. The molecule has 0 aliphatic heterocycles. The minimum absolute atomic E-state index is 0.755. The standard InChI is InChI=1S/C17H22N2OS/c1-2-17(21-7-1)11-19(15-5-6-15)10-16-8-13(12-20-16)9-18-14-3-4-14/h1-2,7-8,12,14-15,18H,3-6,9-11H2. The first kappa shape index (κ1) is 13.6. The maximum absolute atomic E-state index is 5.77. The van der Waals surface area contributed by atoms with Crippen molar-refractivity contribution in [3.8, 4) is 0 Å². The largest absolute Gasteiger partial charge is 0.468 e. The van der Waals surface area contributed by atoms with Gasteiger partial charge in [-0.3, -0.25) is 4.90 Å². The van der Waals surface area contributed by atoms with Gasteiger partial charge in [0.25, 0.3) is 0 Å². The Balaban J connectivity index is 1.35. The molecule has 1 N–H and O–H groups in total. The van der Waals surface area contributed by atoms with Crippen molar-refractivity contribution < 1.29 is 4.42 Å². The third kappa shape index (κ3) is 3.76. The Bertz CT molecular complexity index is 569. The second-order valence-corrected chi connectivity index (χ2v) is 7.32. The van der Waals surface area contributed by atoms with Crippen LogP contribution in [0.15, 0.2) is 34.3 Å². The van der Waals surface area contributed by atoms with Gasteiger partial charge in [-0.2, -0.15) is 0 Å². The highest BCUT2D eigenvalue weighted by Crippen LogP contribution is 2.31. The maximum Gasteiger partial charge on any atom is 0.118 e. The van der Waals surface area contributed by atoms with Gasteiger partial charge in [0.05, 0.1) is 12.8 Å². The quantitative estimate of drug-likeness (QED) is 0.805. The Morgan fingerprint density at radius 3 is 2.86 bits per heavy atom. The van der Waals surface area contributed by atoms with Crippen LogP contribution in [0.3, 0.4) is 0 Å². The number of nitrogens with one attached hydrogen (secondary N) is 1. The van der Waals surface area contributed by atoms with Crippen molar-refractivity contribution in [1.29, 1.82) is 0 Å². The van der Waals surface area contributed by atoms with Crippen LogP contribution in [0.25, 0.3) is 0 Å². The van der Waals surface area contributed by atoms with Crippen molar-refractivity contribution in [1.82, 2.24) is 10.2 Å². The summed E-state index contributed by atoms with van der Waals surface area (Å²) in [7, 11) is 0. The molecule has 112 valence electrons. The van der Waals surface area contributed by atoms with Gasteiger partial charge < -0.3 is 9.73 Å². The molecule has 4 heteroatoms. The summed E-state index contributed by atoms with van der Waals surface area (Å²) in [5, 5.41) is 5.70. The first-order valence-corrected chi connectivity index (χ1v) is 8.81. The van der Waals surface area contributed by atoms with E-state index < -0.39 is 0 Å². The van der Waals surface area contributed by atoms with Crippen molar-refractivity contribution in [3.63, 3.8) is 0 Å². The fraction of sp³-hybridized carbons (Fsp3) is 0.529. The van der Waals surface area contributed by atoms with Crippen LogP contribution >= 0.6 is 11.3 Å². The van der Waals surface area contributed by atoms with Crippen LogP contribution in [0.4, 0.5) is 0 Å². The molecule has 2 aromatic rings. The average molecular weight is 302 g/mol. The summed E-state index contributed by atoms with van der Waals surface area (Å²) >= 11 is 1.85. The molecule has 2 fully saturated rings. The molecule has 0 amide bonds. The summed E-state index contributed by atoms with van der Waals surface area (Å²) in [6.07, 6.45) is 7.26. The van der Waals surface area contributed by atoms with E-state index in [1.165, 1.54) is 36.1 Å². The monoisotopic (exact) mass is 302 g/mol. The van der Waals surface area contributed by atoms with E-state index in [2.05, 4.69) is 33.8 Å². The highest BCUT2D eigenvalue weighted by Gasteiger charge is 2.29. The Labute approximate surface area is 130 Å². The van der Waals surface area contributed by atoms with E-state index in [1.807, 2.05) is 17.6 Å². The van der Waals surface area contributed by atoms with E-state index in [1.54, 1.807) is 0 Å². The smallest absolute Gasteiger partial charge is 0.118 e. The third-order valence-corrected chi connectivity index (χ3v) is 5.10. The molecule has 21 heavy (non-hydrogen) atoms. The first-order valence-electron chi connectivity index (χ1n) is 7.93. The van der Waals surface area contributed by atoms with Crippen LogP contribution in [-0.4, -0.2) is 17.0 Å². The summed E-state index contributed by atoms with van der Waals surface area (Å²) in [6, 6.07) is 8.10. The van der Waals surface area contributed by atoms with Crippen molar-refractivity contribution in [2.75, 3.05) is 0 Å². The first-order chi connectivity index (χ1) is 10.4. The Morgan fingerprint density at radius 2 is 2.14 bits per heavy atom. The lowest BCUT2D eigenvalue weighted by Crippen LogP contribution is -2.24. The average Bonchev–Trinajstić information content (AvgIpc) is 3.41. The predicted molar refractivity (Wildman–Crippen MR) is 85.2 cm³/mol. The Morgan fingerprint density at radius 1 is 1.24 bits per heavy atom. The zero-order valence-corrected chi connectivity index (χ0v) is 13.1. The fourth-order valence-corrected chi connectivity index (χ4v) is 3.44. The van der Waals surface area contributed by atoms with Crippen LogP contribution < -0.4 is 5.32 Å². The van der Waals surface area contributed by atoms with Crippen molar-refractivity contribution in [3.05, 3.63) is 46.0 Å². The molecule has 4 rings (SSSR count). The number of rotatable bonds is 8. The third-order valence-electron chi connectivity index (χ3n) is 4.24. The van der Waals surface area contributed by atoms with Gasteiger partial charge in [-0.1, -0.05) is 6.07 Å². The highest BCUT2D eigenvalue weighted by atomic mass is 32.1. The van der Waals surface area contributed by atoms with Gasteiger partial charge in [0, 0.05) is 35.6 Å². The molecule has 2 heterocycles. The molecule has 0 saturated heterocycles. The van der Waals surface area contributed by atoms with Gasteiger partial charge in [-0.15, -0.1) is 11.3 Å². The molecule has 0 atom stereocenters. The Kier molecular flexibility index (Phi) is 3.84. The van der Waals surface area contributed by atoms with Gasteiger partial charge >= 0.3 is 0 Å². The lowest BCUT2D eigenvalue weighted by Gasteiger charge is -2.19. The van der Waals surface area contributed by atoms with Gasteiger partial charge in [-0.05, 0) is 43.2 Å². The molecule has 0 spiro atoms. The number of nitrogens with zero attached hydrogens (tertiary/aromatic N) is 1. The van der Waals surface area contributed by atoms with Crippen molar-refractivity contribution in [2.24, 2.45) is 0 Å². The van der Waals surface area contributed by atoms with Gasteiger partial charge in [0.1, 0.15) is 5.76 Å². The topological polar surface area (TPSA) is 28.4 Å². The summed E-state index contributed by atoms with van der Waals surface area (Å²) in [5.41, 5.74) is 1.28. The van der Waals surface area contributed by atoms with Crippen molar-refractivity contribution >= 4 is 11.3 Å². The van der Waals surface area contributed by atoms with Crippen LogP contribution in [0.5, 0.6) is 0 Å². The molecule has 2 saturated carbocycles. The van der Waals surface area contributed by atoms with Crippen LogP contribution in [0.1, 0.15) is 41.9 Å². The molecular weight excluding hydrogens is 280 g/mol. The van der Waals surface area contributed by atoms with E-state index in [-0.39, 0.29) is 0 Å². The molecule has 2 aliphatic carbocycles. The minimum Gasteiger partial charge on any atom is -0.468 e. The maximum atomic E-state index is 5.77. The minimum atomic E-state index is 0.755. The van der Waals surface area contributed by atoms with E-state index in [4.69, 9.17) is 4.42 Å². The SMILES string of the molecule is c1csc(CN(Cc2cc(CNC3CC3)co2)C2CC2)c1. The molecule has 2 aliphatic rings. The van der Waals surface area contributed by atoms with Gasteiger partial charge in [-0.25, -0.2) is 0 Å².